The van der Waals surface area contributed by atoms with Gasteiger partial charge in [-0.1, -0.05) is 0 Å². The second-order valence-corrected chi connectivity index (χ2v) is 8.56. The minimum atomic E-state index is -0.509. The number of carbonyl (C=O) groups excluding carboxylic acids is 1. The average molecular weight is 440 g/mol. The van der Waals surface area contributed by atoms with Gasteiger partial charge >= 0.3 is 6.03 Å². The normalized spacial score (nSPS) is 23.7. The lowest BCUT2D eigenvalue weighted by molar-refractivity contribution is 0.122. The van der Waals surface area contributed by atoms with E-state index >= 15 is 0 Å². The Morgan fingerprint density at radius 3 is 2.70 bits per heavy atom. The molecular weight excluding hydrogens is 413 g/mol. The van der Waals surface area contributed by atoms with E-state index in [1.807, 2.05) is 4.90 Å². The summed E-state index contributed by atoms with van der Waals surface area (Å²) in [6.07, 6.45) is 2.13. The van der Waals surface area contributed by atoms with Gasteiger partial charge in [0.15, 0.2) is 0 Å². The van der Waals surface area contributed by atoms with E-state index in [4.69, 9.17) is 19.9 Å². The zero-order valence-corrected chi connectivity index (χ0v) is 17.8. The smallest absolute Gasteiger partial charge is 0.314 e. The SMILES string of the molecule is COc1nc(F)c(N2CCOCC2)c2scnc12.NC(=O)N1CCC2(CCOC2)C1. The number of hydrogen-bond donors (Lipinski definition) is 1. The van der Waals surface area contributed by atoms with Gasteiger partial charge in [-0.2, -0.15) is 9.37 Å². The second kappa shape index (κ2) is 8.86. The van der Waals surface area contributed by atoms with Crippen LogP contribution < -0.4 is 15.4 Å². The van der Waals surface area contributed by atoms with Crippen molar-refractivity contribution in [1.29, 1.82) is 0 Å². The minimum Gasteiger partial charge on any atom is -0.479 e. The highest BCUT2D eigenvalue weighted by Crippen LogP contribution is 2.38. The third kappa shape index (κ3) is 4.14. The molecule has 3 fully saturated rings. The number of hydrogen-bond acceptors (Lipinski definition) is 8. The van der Waals surface area contributed by atoms with E-state index in [-0.39, 0.29) is 17.3 Å². The van der Waals surface area contributed by atoms with Gasteiger partial charge in [0.1, 0.15) is 11.2 Å². The molecule has 2 aromatic rings. The van der Waals surface area contributed by atoms with Crippen LogP contribution in [0.2, 0.25) is 0 Å². The summed E-state index contributed by atoms with van der Waals surface area (Å²) in [5.74, 6) is -0.272. The third-order valence-corrected chi connectivity index (χ3v) is 6.67. The summed E-state index contributed by atoms with van der Waals surface area (Å²) in [4.78, 5) is 22.5. The van der Waals surface area contributed by atoms with E-state index in [2.05, 4.69) is 9.97 Å². The van der Waals surface area contributed by atoms with Crippen molar-refractivity contribution < 1.29 is 23.4 Å². The first-order chi connectivity index (χ1) is 14.5. The summed E-state index contributed by atoms with van der Waals surface area (Å²) in [5.41, 5.74) is 8.25. The highest BCUT2D eigenvalue weighted by atomic mass is 32.1. The lowest BCUT2D eigenvalue weighted by atomic mass is 9.87. The highest BCUT2D eigenvalue weighted by molar-refractivity contribution is 7.17. The molecule has 1 atom stereocenters. The largest absolute Gasteiger partial charge is 0.479 e. The summed E-state index contributed by atoms with van der Waals surface area (Å²) in [6.45, 7) is 5.78. The van der Waals surface area contributed by atoms with Crippen LogP contribution in [0.15, 0.2) is 5.51 Å². The van der Waals surface area contributed by atoms with Crippen LogP contribution in [-0.4, -0.2) is 80.6 Å². The Bertz CT molecular complexity index is 898. The number of likely N-dealkylation sites (tertiary alicyclic amines) is 1. The summed E-state index contributed by atoms with van der Waals surface area (Å²) >= 11 is 1.40. The second-order valence-electron chi connectivity index (χ2n) is 7.70. The first kappa shape index (κ1) is 21.0. The summed E-state index contributed by atoms with van der Waals surface area (Å²) in [7, 11) is 1.47. The fourth-order valence-electron chi connectivity index (χ4n) is 4.15. The van der Waals surface area contributed by atoms with Crippen molar-refractivity contribution in [3.8, 4) is 5.88 Å². The Labute approximate surface area is 177 Å². The molecule has 2 aromatic heterocycles. The van der Waals surface area contributed by atoms with Gasteiger partial charge in [-0.3, -0.25) is 0 Å². The lowest BCUT2D eigenvalue weighted by Crippen LogP contribution is -2.37. The van der Waals surface area contributed by atoms with E-state index in [1.165, 1.54) is 18.4 Å². The highest BCUT2D eigenvalue weighted by Gasteiger charge is 2.42. The summed E-state index contributed by atoms with van der Waals surface area (Å²) in [5, 5.41) is 0. The number of pyridine rings is 1. The van der Waals surface area contributed by atoms with Crippen molar-refractivity contribution in [3.63, 3.8) is 0 Å². The molecule has 164 valence electrons. The van der Waals surface area contributed by atoms with E-state index in [1.54, 1.807) is 10.4 Å². The van der Waals surface area contributed by atoms with Crippen LogP contribution in [0.5, 0.6) is 5.88 Å². The van der Waals surface area contributed by atoms with Crippen LogP contribution in [0.25, 0.3) is 10.2 Å². The average Bonchev–Trinajstić information content (AvgIpc) is 3.51. The summed E-state index contributed by atoms with van der Waals surface area (Å²) < 4.78 is 30.6. The number of methoxy groups -OCH3 is 1. The Hall–Kier alpha value is -2.24. The first-order valence-electron chi connectivity index (χ1n) is 9.94. The maximum absolute atomic E-state index is 14.1. The molecule has 2 amide bonds. The Morgan fingerprint density at radius 2 is 2.07 bits per heavy atom. The van der Waals surface area contributed by atoms with E-state index in [9.17, 15) is 9.18 Å². The van der Waals surface area contributed by atoms with Crippen LogP contribution in [-0.2, 0) is 9.47 Å². The predicted octanol–water partition coefficient (Wildman–Crippen LogP) is 1.85. The van der Waals surface area contributed by atoms with E-state index in [0.717, 1.165) is 43.8 Å². The van der Waals surface area contributed by atoms with Gasteiger partial charge in [0.2, 0.25) is 11.8 Å². The fourth-order valence-corrected chi connectivity index (χ4v) is 4.99. The number of ether oxygens (including phenoxy) is 3. The number of primary amides is 1. The van der Waals surface area contributed by atoms with Gasteiger partial charge in [0.05, 0.1) is 37.1 Å². The van der Waals surface area contributed by atoms with Gasteiger partial charge in [0.25, 0.3) is 0 Å². The van der Waals surface area contributed by atoms with Crippen molar-refractivity contribution in [3.05, 3.63) is 11.5 Å². The van der Waals surface area contributed by atoms with Crippen molar-refractivity contribution in [1.82, 2.24) is 14.9 Å². The monoisotopic (exact) mass is 439 g/mol. The molecule has 2 N–H and O–H groups in total. The predicted molar refractivity (Wildman–Crippen MR) is 111 cm³/mol. The number of anilines is 1. The van der Waals surface area contributed by atoms with Gasteiger partial charge < -0.3 is 29.7 Å². The Morgan fingerprint density at radius 1 is 1.27 bits per heavy atom. The standard InChI is InChI=1S/C11H12FN3O2S.C8H14N2O2/c1-16-11-7-9(18-6-13-7)8(10(12)14-11)15-2-4-17-5-3-15;9-7(11)10-3-1-8(5-10)2-4-12-6-8/h6H,2-5H2,1H3;1-6H2,(H2,9,11). The maximum atomic E-state index is 14.1. The Kier molecular flexibility index (Phi) is 6.21. The number of thiazole rings is 1. The maximum Gasteiger partial charge on any atom is 0.314 e. The van der Waals surface area contributed by atoms with Crippen LogP contribution in [0.3, 0.4) is 0 Å². The number of morpholine rings is 1. The summed E-state index contributed by atoms with van der Waals surface area (Å²) in [6, 6.07) is -0.293. The van der Waals surface area contributed by atoms with Crippen molar-refractivity contribution in [2.24, 2.45) is 11.1 Å². The molecule has 0 aromatic carbocycles. The molecule has 1 unspecified atom stereocenters. The molecule has 1 spiro atoms. The number of fused-ring (bicyclic) bond motifs is 1. The molecule has 0 aliphatic carbocycles. The molecule has 0 bridgehead atoms. The third-order valence-electron chi connectivity index (χ3n) is 5.84. The minimum absolute atomic E-state index is 0.237. The van der Waals surface area contributed by atoms with Crippen molar-refractivity contribution in [2.75, 3.05) is 64.6 Å². The number of carbonyl (C=O) groups is 1. The van der Waals surface area contributed by atoms with Crippen LogP contribution in [0.1, 0.15) is 12.8 Å². The molecule has 0 saturated carbocycles. The number of urea groups is 1. The van der Waals surface area contributed by atoms with Gasteiger partial charge in [0, 0.05) is 38.2 Å². The number of aromatic nitrogens is 2. The number of nitrogens with two attached hydrogens (primary N) is 1. The molecule has 5 rings (SSSR count). The lowest BCUT2D eigenvalue weighted by Gasteiger charge is -2.29. The van der Waals surface area contributed by atoms with Crippen LogP contribution >= 0.6 is 11.3 Å². The molecule has 3 saturated heterocycles. The molecule has 9 nitrogen and oxygen atoms in total. The molecule has 0 radical (unpaired) electrons. The molecule has 5 heterocycles. The van der Waals surface area contributed by atoms with Crippen LogP contribution in [0, 0.1) is 11.4 Å². The van der Waals surface area contributed by atoms with Crippen molar-refractivity contribution in [2.45, 2.75) is 12.8 Å². The van der Waals surface area contributed by atoms with Crippen LogP contribution in [0.4, 0.5) is 14.9 Å². The molecule has 11 heteroatoms. The van der Waals surface area contributed by atoms with Gasteiger partial charge in [-0.05, 0) is 12.8 Å². The van der Waals surface area contributed by atoms with Crippen molar-refractivity contribution >= 4 is 33.3 Å². The zero-order valence-electron chi connectivity index (χ0n) is 16.9. The number of rotatable bonds is 2. The molecule has 3 aliphatic rings. The van der Waals surface area contributed by atoms with E-state index < -0.39 is 5.95 Å². The fraction of sp³-hybridized carbons (Fsp3) is 0.632. The van der Waals surface area contributed by atoms with E-state index in [0.29, 0.717) is 37.5 Å². The quantitative estimate of drug-likeness (QED) is 0.713. The van der Waals surface area contributed by atoms with Gasteiger partial charge in [-0.15, -0.1) is 11.3 Å². The Balaban J connectivity index is 0.000000158. The number of nitrogens with zero attached hydrogens (tertiary/aromatic N) is 4. The first-order valence-corrected chi connectivity index (χ1v) is 10.8. The number of amides is 2. The zero-order chi connectivity index (χ0) is 21.1. The molecule has 30 heavy (non-hydrogen) atoms. The topological polar surface area (TPSA) is 103 Å². The number of halogens is 1. The molecule has 3 aliphatic heterocycles. The van der Waals surface area contributed by atoms with Gasteiger partial charge in [-0.25, -0.2) is 9.78 Å². The molecular formula is C19H26FN5O4S.